The maximum absolute atomic E-state index is 13.3. The van der Waals surface area contributed by atoms with Crippen LogP contribution in [0.4, 0.5) is 10.5 Å². The number of benzene rings is 3. The van der Waals surface area contributed by atoms with Crippen molar-refractivity contribution in [1.82, 2.24) is 10.2 Å². The van der Waals surface area contributed by atoms with E-state index in [4.69, 9.17) is 9.47 Å². The van der Waals surface area contributed by atoms with E-state index in [1.54, 1.807) is 55.6 Å². The number of anilines is 1. The number of carbonyl (C=O) groups is 3. The quantitative estimate of drug-likeness (QED) is 0.494. The second-order valence-corrected chi connectivity index (χ2v) is 8.46. The summed E-state index contributed by atoms with van der Waals surface area (Å²) in [5, 5.41) is 5.70. The Labute approximate surface area is 210 Å². The predicted molar refractivity (Wildman–Crippen MR) is 135 cm³/mol. The van der Waals surface area contributed by atoms with Crippen LogP contribution in [0.15, 0.2) is 84.9 Å². The maximum atomic E-state index is 13.3. The van der Waals surface area contributed by atoms with E-state index in [-0.39, 0.29) is 6.61 Å². The van der Waals surface area contributed by atoms with Gasteiger partial charge in [-0.3, -0.25) is 14.5 Å². The Hall–Kier alpha value is -4.33. The summed E-state index contributed by atoms with van der Waals surface area (Å²) < 4.78 is 10.6. The Morgan fingerprint density at radius 2 is 1.61 bits per heavy atom. The third-order valence-electron chi connectivity index (χ3n) is 6.03. The highest BCUT2D eigenvalue weighted by atomic mass is 16.6. The minimum absolute atomic E-state index is 0.126. The molecule has 4 rings (SSSR count). The largest absolute Gasteiger partial charge is 0.497 e. The number of nitrogens with zero attached hydrogens (tertiary/aromatic N) is 1. The van der Waals surface area contributed by atoms with E-state index in [0.29, 0.717) is 36.4 Å². The summed E-state index contributed by atoms with van der Waals surface area (Å²) in [5.41, 5.74) is 2.07. The molecule has 0 radical (unpaired) electrons. The summed E-state index contributed by atoms with van der Waals surface area (Å²) in [5.74, 6) is -0.125. The normalized spacial score (nSPS) is 15.6. The molecule has 3 aromatic carbocycles. The summed E-state index contributed by atoms with van der Waals surface area (Å²) in [6.45, 7) is 0.543. The van der Waals surface area contributed by atoms with Gasteiger partial charge in [0, 0.05) is 12.2 Å². The lowest BCUT2D eigenvalue weighted by atomic mass is 10.0. The van der Waals surface area contributed by atoms with Crippen molar-refractivity contribution in [2.24, 2.45) is 0 Å². The lowest BCUT2D eigenvalue weighted by molar-refractivity contribution is -0.129. The van der Waals surface area contributed by atoms with Gasteiger partial charge in [0.1, 0.15) is 24.4 Å². The molecule has 1 saturated heterocycles. The van der Waals surface area contributed by atoms with Crippen molar-refractivity contribution in [3.8, 4) is 5.75 Å². The van der Waals surface area contributed by atoms with Gasteiger partial charge in [-0.25, -0.2) is 4.79 Å². The zero-order valence-corrected chi connectivity index (χ0v) is 20.1. The molecule has 1 aliphatic rings. The third kappa shape index (κ3) is 6.21. The Morgan fingerprint density at radius 3 is 2.28 bits per heavy atom. The zero-order chi connectivity index (χ0) is 25.3. The van der Waals surface area contributed by atoms with Gasteiger partial charge in [0.25, 0.3) is 5.91 Å². The lowest BCUT2D eigenvalue weighted by Gasteiger charge is -2.26. The second-order valence-electron chi connectivity index (χ2n) is 8.46. The van der Waals surface area contributed by atoms with Gasteiger partial charge in [0.15, 0.2) is 0 Å². The van der Waals surface area contributed by atoms with Crippen LogP contribution in [0.5, 0.6) is 5.75 Å². The molecule has 3 amide bonds. The molecule has 8 nitrogen and oxygen atoms in total. The van der Waals surface area contributed by atoms with Gasteiger partial charge < -0.3 is 20.1 Å². The van der Waals surface area contributed by atoms with Gasteiger partial charge >= 0.3 is 6.09 Å². The summed E-state index contributed by atoms with van der Waals surface area (Å²) in [6, 6.07) is 23.6. The SMILES string of the molecule is COc1ccc(NC(=O)[C@@H](NC(=O)[C@H]2CCCN2C(=O)OCc2ccccc2)c2ccccc2)cc1. The number of nitrogens with one attached hydrogen (secondary N) is 2. The molecule has 1 heterocycles. The Kier molecular flexibility index (Phi) is 8.18. The van der Waals surface area contributed by atoms with E-state index in [0.717, 1.165) is 5.56 Å². The highest BCUT2D eigenvalue weighted by Crippen LogP contribution is 2.23. The number of rotatable bonds is 8. The molecule has 8 heteroatoms. The number of ether oxygens (including phenoxy) is 2. The molecule has 1 fully saturated rings. The van der Waals surface area contributed by atoms with Crippen LogP contribution in [0.25, 0.3) is 0 Å². The van der Waals surface area contributed by atoms with Crippen LogP contribution in [0.1, 0.15) is 30.0 Å². The number of carbonyl (C=O) groups excluding carboxylic acids is 3. The van der Waals surface area contributed by atoms with Crippen molar-refractivity contribution in [2.45, 2.75) is 31.5 Å². The molecular weight excluding hydrogens is 458 g/mol. The maximum Gasteiger partial charge on any atom is 0.410 e. The lowest BCUT2D eigenvalue weighted by Crippen LogP contribution is -2.48. The van der Waals surface area contributed by atoms with E-state index >= 15 is 0 Å². The number of methoxy groups -OCH3 is 1. The fourth-order valence-corrected chi connectivity index (χ4v) is 4.13. The van der Waals surface area contributed by atoms with Gasteiger partial charge in [0.2, 0.25) is 5.91 Å². The molecule has 0 spiro atoms. The van der Waals surface area contributed by atoms with Crippen molar-refractivity contribution in [1.29, 1.82) is 0 Å². The van der Waals surface area contributed by atoms with Crippen LogP contribution in [-0.2, 0) is 20.9 Å². The van der Waals surface area contributed by atoms with E-state index < -0.39 is 30.0 Å². The Bertz CT molecular complexity index is 1170. The third-order valence-corrected chi connectivity index (χ3v) is 6.03. The van der Waals surface area contributed by atoms with Crippen LogP contribution < -0.4 is 15.4 Å². The number of hydrogen-bond acceptors (Lipinski definition) is 5. The first-order valence-electron chi connectivity index (χ1n) is 11.8. The average Bonchev–Trinajstić information content (AvgIpc) is 3.42. The molecule has 36 heavy (non-hydrogen) atoms. The molecular formula is C28H29N3O5. The molecule has 0 aliphatic carbocycles. The van der Waals surface area contributed by atoms with E-state index in [9.17, 15) is 14.4 Å². The summed E-state index contributed by atoms with van der Waals surface area (Å²) in [6.07, 6.45) is 0.621. The molecule has 0 saturated carbocycles. The summed E-state index contributed by atoms with van der Waals surface area (Å²) in [7, 11) is 1.57. The van der Waals surface area contributed by atoms with Gasteiger partial charge in [0.05, 0.1) is 7.11 Å². The van der Waals surface area contributed by atoms with Crippen LogP contribution in [0, 0.1) is 0 Å². The van der Waals surface area contributed by atoms with Crippen molar-refractivity contribution >= 4 is 23.6 Å². The topological polar surface area (TPSA) is 97.0 Å². The van der Waals surface area contributed by atoms with Crippen LogP contribution in [0.2, 0.25) is 0 Å². The zero-order valence-electron chi connectivity index (χ0n) is 20.1. The Balaban J connectivity index is 1.44. The molecule has 1 aliphatic heterocycles. The molecule has 3 aromatic rings. The molecule has 2 N–H and O–H groups in total. The van der Waals surface area contributed by atoms with Crippen molar-refractivity contribution in [3.63, 3.8) is 0 Å². The van der Waals surface area contributed by atoms with Crippen molar-refractivity contribution < 1.29 is 23.9 Å². The fourth-order valence-electron chi connectivity index (χ4n) is 4.13. The standard InChI is InChI=1S/C28H29N3O5/c1-35-23-16-14-22(15-17-23)29-27(33)25(21-11-6-3-7-12-21)30-26(32)24-13-8-18-31(24)28(34)36-19-20-9-4-2-5-10-20/h2-7,9-12,14-17,24-25H,8,13,18-19H2,1H3,(H,29,33)(H,30,32)/t24-,25+/m1/s1. The van der Waals surface area contributed by atoms with Gasteiger partial charge in [-0.2, -0.15) is 0 Å². The fraction of sp³-hybridized carbons (Fsp3) is 0.250. The highest BCUT2D eigenvalue weighted by Gasteiger charge is 2.37. The molecule has 2 atom stereocenters. The van der Waals surface area contributed by atoms with Crippen molar-refractivity contribution in [2.75, 3.05) is 19.0 Å². The van der Waals surface area contributed by atoms with E-state index in [2.05, 4.69) is 10.6 Å². The second kappa shape index (κ2) is 11.9. The van der Waals surface area contributed by atoms with Crippen LogP contribution >= 0.6 is 0 Å². The van der Waals surface area contributed by atoms with Crippen LogP contribution in [0.3, 0.4) is 0 Å². The van der Waals surface area contributed by atoms with Crippen LogP contribution in [-0.4, -0.2) is 42.5 Å². The van der Waals surface area contributed by atoms with Gasteiger partial charge in [-0.15, -0.1) is 0 Å². The molecule has 0 bridgehead atoms. The molecule has 0 unspecified atom stereocenters. The van der Waals surface area contributed by atoms with E-state index in [1.165, 1.54) is 4.90 Å². The highest BCUT2D eigenvalue weighted by molar-refractivity contribution is 5.99. The molecule has 0 aromatic heterocycles. The van der Waals surface area contributed by atoms with Gasteiger partial charge in [-0.05, 0) is 48.2 Å². The smallest absolute Gasteiger partial charge is 0.410 e. The first kappa shape index (κ1) is 24.8. The predicted octanol–water partition coefficient (Wildman–Crippen LogP) is 4.29. The molecule has 186 valence electrons. The first-order valence-corrected chi connectivity index (χ1v) is 11.8. The number of amides is 3. The summed E-state index contributed by atoms with van der Waals surface area (Å²) in [4.78, 5) is 40.7. The Morgan fingerprint density at radius 1 is 0.944 bits per heavy atom. The number of likely N-dealkylation sites (tertiary alicyclic amines) is 1. The monoisotopic (exact) mass is 487 g/mol. The first-order chi connectivity index (χ1) is 17.5. The minimum atomic E-state index is -0.941. The minimum Gasteiger partial charge on any atom is -0.497 e. The van der Waals surface area contributed by atoms with E-state index in [1.807, 2.05) is 36.4 Å². The summed E-state index contributed by atoms with van der Waals surface area (Å²) >= 11 is 0. The number of hydrogen-bond donors (Lipinski definition) is 2. The van der Waals surface area contributed by atoms with Gasteiger partial charge in [-0.1, -0.05) is 60.7 Å². The average molecular weight is 488 g/mol. The van der Waals surface area contributed by atoms with Crippen molar-refractivity contribution in [3.05, 3.63) is 96.1 Å².